The van der Waals surface area contributed by atoms with Crippen LogP contribution in [0.5, 0.6) is 5.75 Å². The van der Waals surface area contributed by atoms with Gasteiger partial charge in [-0.3, -0.25) is 0 Å². The van der Waals surface area contributed by atoms with Gasteiger partial charge in [-0.2, -0.15) is 0 Å². The van der Waals surface area contributed by atoms with Crippen molar-refractivity contribution < 1.29 is 13.2 Å². The molecule has 1 aliphatic rings. The fraction of sp³-hybridized carbons (Fsp3) is 0.600. The smallest absolute Gasteiger partial charge is 0.150 e. The Morgan fingerprint density at radius 3 is 2.76 bits per heavy atom. The van der Waals surface area contributed by atoms with Gasteiger partial charge < -0.3 is 10.1 Å². The lowest BCUT2D eigenvalue weighted by atomic mass is 9.92. The lowest BCUT2D eigenvalue weighted by Gasteiger charge is -2.26. The quantitative estimate of drug-likeness (QED) is 0.830. The molecule has 21 heavy (non-hydrogen) atoms. The molecule has 1 aliphatic heterocycles. The standard InChI is InChI=1S/C15H22BrNO3S/c1-3-17-15(11-7-8-21(18,19)10-11)13-9-12(16)5-6-14(13)20-4-2/h5-6,9,11,15,17H,3-4,7-8,10H2,1-2H3. The van der Waals surface area contributed by atoms with Crippen molar-refractivity contribution >= 4 is 25.8 Å². The average Bonchev–Trinajstić information content (AvgIpc) is 2.78. The van der Waals surface area contributed by atoms with Crippen molar-refractivity contribution in [2.45, 2.75) is 26.3 Å². The zero-order chi connectivity index (χ0) is 15.5. The molecule has 4 nitrogen and oxygen atoms in total. The van der Waals surface area contributed by atoms with Gasteiger partial charge in [0.15, 0.2) is 9.84 Å². The highest BCUT2D eigenvalue weighted by molar-refractivity contribution is 9.10. The van der Waals surface area contributed by atoms with E-state index in [1.54, 1.807) is 0 Å². The van der Waals surface area contributed by atoms with Crippen LogP contribution in [-0.2, 0) is 9.84 Å². The van der Waals surface area contributed by atoms with Crippen LogP contribution in [0.1, 0.15) is 31.9 Å². The summed E-state index contributed by atoms with van der Waals surface area (Å²) < 4.78 is 30.3. The van der Waals surface area contributed by atoms with Crippen molar-refractivity contribution in [1.29, 1.82) is 0 Å². The van der Waals surface area contributed by atoms with E-state index in [1.165, 1.54) is 0 Å². The first kappa shape index (κ1) is 16.8. The molecule has 2 unspecified atom stereocenters. The van der Waals surface area contributed by atoms with E-state index in [4.69, 9.17) is 4.74 Å². The molecule has 6 heteroatoms. The molecule has 1 aromatic rings. The van der Waals surface area contributed by atoms with Crippen molar-refractivity contribution in [3.8, 4) is 5.75 Å². The summed E-state index contributed by atoms with van der Waals surface area (Å²) in [5.74, 6) is 1.47. The number of halogens is 1. The van der Waals surface area contributed by atoms with Gasteiger partial charge in [0.25, 0.3) is 0 Å². The summed E-state index contributed by atoms with van der Waals surface area (Å²) in [5.41, 5.74) is 1.04. The third-order valence-corrected chi connectivity index (χ3v) is 6.06. The molecule has 1 heterocycles. The second-order valence-electron chi connectivity index (χ2n) is 5.31. The van der Waals surface area contributed by atoms with Gasteiger partial charge in [-0.15, -0.1) is 0 Å². The van der Waals surface area contributed by atoms with E-state index in [-0.39, 0.29) is 23.5 Å². The molecule has 0 bridgehead atoms. The molecule has 2 rings (SSSR count). The van der Waals surface area contributed by atoms with E-state index in [0.717, 1.165) is 22.3 Å². The molecule has 118 valence electrons. The summed E-state index contributed by atoms with van der Waals surface area (Å²) in [6.45, 7) is 5.37. The predicted molar refractivity (Wildman–Crippen MR) is 88.5 cm³/mol. The van der Waals surface area contributed by atoms with E-state index in [0.29, 0.717) is 13.0 Å². The summed E-state index contributed by atoms with van der Waals surface area (Å²) >= 11 is 3.50. The largest absolute Gasteiger partial charge is 0.494 e. The van der Waals surface area contributed by atoms with Gasteiger partial charge in [-0.1, -0.05) is 22.9 Å². The fourth-order valence-corrected chi connectivity index (χ4v) is 5.11. The fourth-order valence-electron chi connectivity index (χ4n) is 2.89. The van der Waals surface area contributed by atoms with Crippen LogP contribution in [0, 0.1) is 5.92 Å². The van der Waals surface area contributed by atoms with Gasteiger partial charge in [0.1, 0.15) is 5.75 Å². The first-order valence-corrected chi connectivity index (χ1v) is 9.94. The van der Waals surface area contributed by atoms with E-state index >= 15 is 0 Å². The van der Waals surface area contributed by atoms with E-state index < -0.39 is 9.84 Å². The second kappa shape index (κ2) is 7.11. The van der Waals surface area contributed by atoms with Gasteiger partial charge >= 0.3 is 0 Å². The number of nitrogens with one attached hydrogen (secondary N) is 1. The molecule has 0 spiro atoms. The minimum Gasteiger partial charge on any atom is -0.494 e. The van der Waals surface area contributed by atoms with Crippen LogP contribution < -0.4 is 10.1 Å². The highest BCUT2D eigenvalue weighted by Crippen LogP contribution is 2.37. The van der Waals surface area contributed by atoms with Crippen LogP contribution in [0.25, 0.3) is 0 Å². The zero-order valence-electron chi connectivity index (χ0n) is 12.4. The second-order valence-corrected chi connectivity index (χ2v) is 8.46. The maximum absolute atomic E-state index is 11.8. The molecule has 1 saturated heterocycles. The van der Waals surface area contributed by atoms with Crippen LogP contribution in [0.3, 0.4) is 0 Å². The van der Waals surface area contributed by atoms with Crippen LogP contribution >= 0.6 is 15.9 Å². The van der Waals surface area contributed by atoms with Crippen LogP contribution in [0.15, 0.2) is 22.7 Å². The Hall–Kier alpha value is -0.590. The first-order valence-electron chi connectivity index (χ1n) is 7.33. The van der Waals surface area contributed by atoms with Crippen LogP contribution in [0.2, 0.25) is 0 Å². The number of hydrogen-bond donors (Lipinski definition) is 1. The Morgan fingerprint density at radius 2 is 2.19 bits per heavy atom. The minimum atomic E-state index is -2.89. The maximum Gasteiger partial charge on any atom is 0.150 e. The Bertz CT molecular complexity index is 589. The Balaban J connectivity index is 2.35. The molecule has 0 radical (unpaired) electrons. The summed E-state index contributed by atoms with van der Waals surface area (Å²) in [4.78, 5) is 0. The normalized spacial score (nSPS) is 22.1. The monoisotopic (exact) mass is 375 g/mol. The first-order chi connectivity index (χ1) is 9.96. The van der Waals surface area contributed by atoms with Crippen LogP contribution in [-0.4, -0.2) is 33.1 Å². The molecular formula is C15H22BrNO3S. The van der Waals surface area contributed by atoms with Crippen molar-refractivity contribution in [1.82, 2.24) is 5.32 Å². The third kappa shape index (κ3) is 4.20. The summed E-state index contributed by atoms with van der Waals surface area (Å²) in [5, 5.41) is 3.44. The summed E-state index contributed by atoms with van der Waals surface area (Å²) in [7, 11) is -2.89. The third-order valence-electron chi connectivity index (χ3n) is 3.77. The summed E-state index contributed by atoms with van der Waals surface area (Å²) in [6.07, 6.45) is 0.706. The Kier molecular flexibility index (Phi) is 5.68. The van der Waals surface area contributed by atoms with Crippen molar-refractivity contribution in [3.63, 3.8) is 0 Å². The topological polar surface area (TPSA) is 55.4 Å². The number of rotatable bonds is 6. The maximum atomic E-state index is 11.8. The van der Waals surface area contributed by atoms with E-state index in [9.17, 15) is 8.42 Å². The SMILES string of the molecule is CCNC(c1cc(Br)ccc1OCC)C1CCS(=O)(=O)C1. The van der Waals surface area contributed by atoms with Crippen molar-refractivity contribution in [2.75, 3.05) is 24.7 Å². The van der Waals surface area contributed by atoms with E-state index in [2.05, 4.69) is 21.2 Å². The van der Waals surface area contributed by atoms with Gasteiger partial charge in [-0.05, 0) is 44.0 Å². The molecule has 2 atom stereocenters. The molecule has 1 aromatic carbocycles. The van der Waals surface area contributed by atoms with Crippen molar-refractivity contribution in [3.05, 3.63) is 28.2 Å². The highest BCUT2D eigenvalue weighted by atomic mass is 79.9. The molecule has 1 N–H and O–H groups in total. The molecule has 0 saturated carbocycles. The number of sulfone groups is 1. The zero-order valence-corrected chi connectivity index (χ0v) is 14.8. The lowest BCUT2D eigenvalue weighted by molar-refractivity contribution is 0.320. The Morgan fingerprint density at radius 1 is 1.43 bits per heavy atom. The van der Waals surface area contributed by atoms with Gasteiger partial charge in [0, 0.05) is 16.1 Å². The van der Waals surface area contributed by atoms with Gasteiger partial charge in [-0.25, -0.2) is 8.42 Å². The van der Waals surface area contributed by atoms with Crippen LogP contribution in [0.4, 0.5) is 0 Å². The summed E-state index contributed by atoms with van der Waals surface area (Å²) in [6, 6.07) is 5.93. The molecule has 0 amide bonds. The Labute approximate surface area is 135 Å². The van der Waals surface area contributed by atoms with Gasteiger partial charge in [0.05, 0.1) is 18.1 Å². The lowest BCUT2D eigenvalue weighted by Crippen LogP contribution is -2.29. The molecular weight excluding hydrogens is 354 g/mol. The predicted octanol–water partition coefficient (Wildman–Crippen LogP) is 2.93. The molecule has 1 fully saturated rings. The number of hydrogen-bond acceptors (Lipinski definition) is 4. The number of ether oxygens (including phenoxy) is 1. The van der Waals surface area contributed by atoms with Crippen molar-refractivity contribution in [2.24, 2.45) is 5.92 Å². The van der Waals surface area contributed by atoms with Gasteiger partial charge in [0.2, 0.25) is 0 Å². The van der Waals surface area contributed by atoms with E-state index in [1.807, 2.05) is 32.0 Å². The highest BCUT2D eigenvalue weighted by Gasteiger charge is 2.35. The molecule has 0 aliphatic carbocycles. The molecule has 0 aromatic heterocycles. The average molecular weight is 376 g/mol. The number of benzene rings is 1. The minimum absolute atomic E-state index is 0.00586.